The van der Waals surface area contributed by atoms with Crippen LogP contribution >= 0.6 is 11.8 Å². The molecule has 2 aromatic carbocycles. The lowest BCUT2D eigenvalue weighted by Gasteiger charge is -2.37. The van der Waals surface area contributed by atoms with Gasteiger partial charge in [-0.25, -0.2) is 9.97 Å². The van der Waals surface area contributed by atoms with Crippen molar-refractivity contribution >= 4 is 29.3 Å². The molecule has 0 atom stereocenters. The predicted molar refractivity (Wildman–Crippen MR) is 148 cm³/mol. The average Bonchev–Trinajstić information content (AvgIpc) is 2.90. The number of benzene rings is 2. The molecule has 38 heavy (non-hydrogen) atoms. The van der Waals surface area contributed by atoms with Gasteiger partial charge in [0.1, 0.15) is 22.8 Å². The smallest absolute Gasteiger partial charge is 0.249 e. The van der Waals surface area contributed by atoms with E-state index >= 15 is 0 Å². The third-order valence-corrected chi connectivity index (χ3v) is 6.81. The average molecular weight is 539 g/mol. The van der Waals surface area contributed by atoms with Crippen LogP contribution in [0.1, 0.15) is 30.8 Å². The summed E-state index contributed by atoms with van der Waals surface area (Å²) in [5.74, 6) is 1.23. The number of thioether (sulfide) groups is 1. The number of hydrogen-bond acceptors (Lipinski definition) is 8. The van der Waals surface area contributed by atoms with Gasteiger partial charge in [0.05, 0.1) is 32.8 Å². The van der Waals surface area contributed by atoms with Crippen LogP contribution < -0.4 is 19.5 Å². The van der Waals surface area contributed by atoms with Gasteiger partial charge in [0.2, 0.25) is 11.8 Å². The van der Waals surface area contributed by atoms with E-state index in [0.717, 1.165) is 17.0 Å². The maximum absolute atomic E-state index is 13.6. The van der Waals surface area contributed by atoms with Crippen molar-refractivity contribution in [2.24, 2.45) is 0 Å². The van der Waals surface area contributed by atoms with Gasteiger partial charge in [-0.1, -0.05) is 23.9 Å². The highest BCUT2D eigenvalue weighted by Crippen LogP contribution is 2.31. The number of hydrogen-bond donors (Lipinski definition) is 1. The van der Waals surface area contributed by atoms with Crippen LogP contribution in [-0.4, -0.2) is 59.3 Å². The number of rotatable bonds is 11. The highest BCUT2D eigenvalue weighted by molar-refractivity contribution is 7.99. The van der Waals surface area contributed by atoms with Crippen LogP contribution in [0.4, 0.5) is 5.69 Å². The van der Waals surface area contributed by atoms with Crippen molar-refractivity contribution in [1.29, 1.82) is 0 Å². The van der Waals surface area contributed by atoms with Crippen LogP contribution in [0.2, 0.25) is 0 Å². The highest BCUT2D eigenvalue weighted by Gasteiger charge is 2.38. The number of aromatic nitrogens is 2. The number of carbonyl (C=O) groups excluding carboxylic acids is 2. The molecule has 10 heteroatoms. The molecule has 202 valence electrons. The number of anilines is 1. The van der Waals surface area contributed by atoms with Gasteiger partial charge in [-0.2, -0.15) is 0 Å². The van der Waals surface area contributed by atoms with E-state index in [0.29, 0.717) is 28.1 Å². The van der Waals surface area contributed by atoms with Gasteiger partial charge in [-0.15, -0.1) is 0 Å². The van der Waals surface area contributed by atoms with E-state index in [2.05, 4.69) is 15.3 Å². The van der Waals surface area contributed by atoms with Crippen molar-refractivity contribution in [3.05, 3.63) is 65.5 Å². The fourth-order valence-corrected chi connectivity index (χ4v) is 4.60. The number of aryl methyl sites for hydroxylation is 2. The molecule has 0 aliphatic carbocycles. The van der Waals surface area contributed by atoms with Crippen molar-refractivity contribution in [3.8, 4) is 17.2 Å². The molecule has 0 unspecified atom stereocenters. The van der Waals surface area contributed by atoms with E-state index in [1.165, 1.54) is 18.9 Å². The van der Waals surface area contributed by atoms with Crippen molar-refractivity contribution in [2.45, 2.75) is 44.9 Å². The van der Waals surface area contributed by atoms with E-state index in [4.69, 9.17) is 14.2 Å². The standard InChI is InChI=1S/C28H34N4O5S/c1-18-14-19(2)30-27(29-18)38-17-25(33)32(16-20-8-10-21(35-5)11-9-20)28(3,4)26(34)31-23-13-12-22(36-6)15-24(23)37-7/h8-15H,16-17H2,1-7H3,(H,31,34). The Hall–Kier alpha value is -3.79. The summed E-state index contributed by atoms with van der Waals surface area (Å²) in [5.41, 5.74) is 1.77. The number of ether oxygens (including phenoxy) is 3. The molecule has 0 saturated carbocycles. The minimum absolute atomic E-state index is 0.0710. The second kappa shape index (κ2) is 12.6. The van der Waals surface area contributed by atoms with Crippen LogP contribution in [0.3, 0.4) is 0 Å². The molecule has 0 aliphatic heterocycles. The molecule has 9 nitrogen and oxygen atoms in total. The summed E-state index contributed by atoms with van der Waals surface area (Å²) in [5, 5.41) is 3.44. The number of methoxy groups -OCH3 is 3. The van der Waals surface area contributed by atoms with E-state index in [1.807, 2.05) is 44.2 Å². The maximum Gasteiger partial charge on any atom is 0.249 e. The molecular formula is C28H34N4O5S. The SMILES string of the molecule is COc1ccc(CN(C(=O)CSc2nc(C)cc(C)n2)C(C)(C)C(=O)Nc2ccc(OC)cc2OC)cc1. The first kappa shape index (κ1) is 28.8. The monoisotopic (exact) mass is 538 g/mol. The molecule has 3 rings (SSSR count). The van der Waals surface area contributed by atoms with Gasteiger partial charge < -0.3 is 24.4 Å². The summed E-state index contributed by atoms with van der Waals surface area (Å²) >= 11 is 1.24. The fourth-order valence-electron chi connectivity index (χ4n) is 3.77. The molecule has 0 aliphatic rings. The van der Waals surface area contributed by atoms with E-state index in [-0.39, 0.29) is 24.1 Å². The summed E-state index contributed by atoms with van der Waals surface area (Å²) in [4.78, 5) is 37.6. The summed E-state index contributed by atoms with van der Waals surface area (Å²) < 4.78 is 15.9. The van der Waals surface area contributed by atoms with Gasteiger partial charge >= 0.3 is 0 Å². The maximum atomic E-state index is 13.6. The predicted octanol–water partition coefficient (Wildman–Crippen LogP) is 4.66. The molecule has 0 saturated heterocycles. The third-order valence-electron chi connectivity index (χ3n) is 5.97. The Morgan fingerprint density at radius 2 is 1.50 bits per heavy atom. The molecule has 0 bridgehead atoms. The fraction of sp³-hybridized carbons (Fsp3) is 0.357. The molecule has 2 amide bonds. The lowest BCUT2D eigenvalue weighted by molar-refractivity contribution is -0.142. The molecule has 0 radical (unpaired) electrons. The Labute approximate surface area is 227 Å². The lowest BCUT2D eigenvalue weighted by Crippen LogP contribution is -2.55. The molecule has 0 spiro atoms. The van der Waals surface area contributed by atoms with Crippen LogP contribution in [0.5, 0.6) is 17.2 Å². The summed E-state index contributed by atoms with van der Waals surface area (Å²) in [7, 11) is 4.67. The molecule has 1 aromatic heterocycles. The Morgan fingerprint density at radius 1 is 0.895 bits per heavy atom. The highest BCUT2D eigenvalue weighted by atomic mass is 32.2. The summed E-state index contributed by atoms with van der Waals surface area (Å²) in [6.45, 7) is 7.43. The van der Waals surface area contributed by atoms with Crippen molar-refractivity contribution in [1.82, 2.24) is 14.9 Å². The van der Waals surface area contributed by atoms with Gasteiger partial charge in [-0.3, -0.25) is 9.59 Å². The number of amides is 2. The van der Waals surface area contributed by atoms with E-state index in [1.54, 1.807) is 51.2 Å². The van der Waals surface area contributed by atoms with Gasteiger partial charge in [0.25, 0.3) is 0 Å². The zero-order valence-corrected chi connectivity index (χ0v) is 23.6. The second-order valence-electron chi connectivity index (χ2n) is 9.13. The normalized spacial score (nSPS) is 11.0. The van der Waals surface area contributed by atoms with Crippen molar-refractivity contribution in [2.75, 3.05) is 32.4 Å². The first-order valence-electron chi connectivity index (χ1n) is 12.0. The minimum Gasteiger partial charge on any atom is -0.497 e. The van der Waals surface area contributed by atoms with E-state index < -0.39 is 5.54 Å². The number of nitrogens with one attached hydrogen (secondary N) is 1. The number of carbonyl (C=O) groups is 2. The molecule has 0 fully saturated rings. The van der Waals surface area contributed by atoms with Gasteiger partial charge in [0.15, 0.2) is 5.16 Å². The largest absolute Gasteiger partial charge is 0.497 e. The Balaban J connectivity index is 1.87. The molecule has 1 N–H and O–H groups in total. The summed E-state index contributed by atoms with van der Waals surface area (Å²) in [6, 6.07) is 14.4. The van der Waals surface area contributed by atoms with Gasteiger partial charge in [-0.05, 0) is 63.6 Å². The molecular weight excluding hydrogens is 504 g/mol. The zero-order valence-electron chi connectivity index (χ0n) is 22.8. The first-order chi connectivity index (χ1) is 18.1. The van der Waals surface area contributed by atoms with E-state index in [9.17, 15) is 9.59 Å². The van der Waals surface area contributed by atoms with Gasteiger partial charge in [0, 0.05) is 24.0 Å². The third kappa shape index (κ3) is 7.16. The van der Waals surface area contributed by atoms with Crippen LogP contribution in [0.25, 0.3) is 0 Å². The van der Waals surface area contributed by atoms with Crippen molar-refractivity contribution < 1.29 is 23.8 Å². The molecule has 3 aromatic rings. The number of nitrogens with zero attached hydrogens (tertiary/aromatic N) is 3. The van der Waals surface area contributed by atoms with Crippen LogP contribution in [0, 0.1) is 13.8 Å². The first-order valence-corrected chi connectivity index (χ1v) is 13.0. The minimum atomic E-state index is -1.22. The van der Waals surface area contributed by atoms with Crippen molar-refractivity contribution in [3.63, 3.8) is 0 Å². The topological polar surface area (TPSA) is 103 Å². The quantitative estimate of drug-likeness (QED) is 0.278. The second-order valence-corrected chi connectivity index (χ2v) is 10.1. The Kier molecular flexibility index (Phi) is 9.57. The zero-order chi connectivity index (χ0) is 27.9. The molecule has 1 heterocycles. The Bertz CT molecular complexity index is 1260. The van der Waals surface area contributed by atoms with Crippen LogP contribution in [0.15, 0.2) is 53.7 Å². The van der Waals surface area contributed by atoms with Crippen LogP contribution in [-0.2, 0) is 16.1 Å². The Morgan fingerprint density at radius 3 is 2.08 bits per heavy atom. The lowest BCUT2D eigenvalue weighted by atomic mass is 9.99. The summed E-state index contributed by atoms with van der Waals surface area (Å²) in [6.07, 6.45) is 0.